The van der Waals surface area contributed by atoms with E-state index in [4.69, 9.17) is 5.73 Å². The number of fused-ring (bicyclic) bond motifs is 1. The van der Waals surface area contributed by atoms with Crippen molar-refractivity contribution >= 4 is 5.65 Å². The van der Waals surface area contributed by atoms with Crippen LogP contribution in [0.4, 0.5) is 0 Å². The van der Waals surface area contributed by atoms with Crippen LogP contribution in [0.2, 0.25) is 0 Å². The first-order chi connectivity index (χ1) is 7.39. The minimum atomic E-state index is -0.0405. The number of hydrogen-bond donors (Lipinski definition) is 1. The van der Waals surface area contributed by atoms with E-state index in [1.165, 1.54) is 0 Å². The molecule has 2 aromatic heterocycles. The predicted molar refractivity (Wildman–Crippen MR) is 64.3 cm³/mol. The van der Waals surface area contributed by atoms with Crippen molar-refractivity contribution in [2.45, 2.75) is 39.2 Å². The lowest BCUT2D eigenvalue weighted by atomic mass is 9.96. The van der Waals surface area contributed by atoms with Gasteiger partial charge < -0.3 is 5.73 Å². The molecule has 2 rings (SSSR count). The maximum atomic E-state index is 5.92. The summed E-state index contributed by atoms with van der Waals surface area (Å²) in [5.74, 6) is 0.848. The van der Waals surface area contributed by atoms with Gasteiger partial charge in [0.05, 0.1) is 0 Å². The average Bonchev–Trinajstić information content (AvgIpc) is 2.59. The summed E-state index contributed by atoms with van der Waals surface area (Å²) in [4.78, 5) is 4.58. The number of nitrogens with zero attached hydrogens (tertiary/aromatic N) is 3. The SMILES string of the molecule is CC(N)c1cccn2nc(C(C)(C)C)nc12. The highest BCUT2D eigenvalue weighted by molar-refractivity contribution is 5.48. The lowest BCUT2D eigenvalue weighted by Gasteiger charge is -2.11. The molecule has 0 aliphatic rings. The molecule has 0 saturated carbocycles. The Morgan fingerprint density at radius 2 is 2.06 bits per heavy atom. The third-order valence-corrected chi connectivity index (χ3v) is 2.55. The van der Waals surface area contributed by atoms with Gasteiger partial charge in [-0.25, -0.2) is 9.50 Å². The van der Waals surface area contributed by atoms with Crippen LogP contribution < -0.4 is 5.73 Å². The predicted octanol–water partition coefficient (Wildman–Crippen LogP) is 2.05. The first-order valence-corrected chi connectivity index (χ1v) is 5.51. The normalized spacial score (nSPS) is 14.3. The Bertz CT molecular complexity index is 505. The average molecular weight is 218 g/mol. The molecule has 2 aromatic rings. The summed E-state index contributed by atoms with van der Waals surface area (Å²) >= 11 is 0. The molecule has 0 aliphatic carbocycles. The van der Waals surface area contributed by atoms with Crippen molar-refractivity contribution in [2.24, 2.45) is 5.73 Å². The number of aromatic nitrogens is 3. The Hall–Kier alpha value is -1.42. The highest BCUT2D eigenvalue weighted by atomic mass is 15.3. The summed E-state index contributed by atoms with van der Waals surface area (Å²) in [6.07, 6.45) is 1.91. The van der Waals surface area contributed by atoms with Gasteiger partial charge in [0.2, 0.25) is 0 Å². The van der Waals surface area contributed by atoms with Gasteiger partial charge in [-0.2, -0.15) is 5.10 Å². The molecule has 2 heterocycles. The van der Waals surface area contributed by atoms with Crippen molar-refractivity contribution in [2.75, 3.05) is 0 Å². The molecule has 4 heteroatoms. The van der Waals surface area contributed by atoms with Crippen LogP contribution in [0.15, 0.2) is 18.3 Å². The van der Waals surface area contributed by atoms with E-state index < -0.39 is 0 Å². The van der Waals surface area contributed by atoms with Gasteiger partial charge in [-0.3, -0.25) is 0 Å². The summed E-state index contributed by atoms with van der Waals surface area (Å²) in [5.41, 5.74) is 7.77. The van der Waals surface area contributed by atoms with Crippen molar-refractivity contribution in [3.05, 3.63) is 29.7 Å². The third-order valence-electron chi connectivity index (χ3n) is 2.55. The van der Waals surface area contributed by atoms with Gasteiger partial charge in [-0.1, -0.05) is 26.8 Å². The summed E-state index contributed by atoms with van der Waals surface area (Å²) in [6.45, 7) is 8.27. The minimum absolute atomic E-state index is 0.0271. The summed E-state index contributed by atoms with van der Waals surface area (Å²) in [6, 6.07) is 3.93. The fraction of sp³-hybridized carbons (Fsp3) is 0.500. The van der Waals surface area contributed by atoms with Gasteiger partial charge in [-0.15, -0.1) is 0 Å². The molecule has 86 valence electrons. The van der Waals surface area contributed by atoms with Crippen LogP contribution in [0, 0.1) is 0 Å². The van der Waals surface area contributed by atoms with E-state index in [0.717, 1.165) is 17.0 Å². The maximum absolute atomic E-state index is 5.92. The molecule has 4 nitrogen and oxygen atoms in total. The lowest BCUT2D eigenvalue weighted by molar-refractivity contribution is 0.545. The van der Waals surface area contributed by atoms with E-state index in [1.54, 1.807) is 4.52 Å². The molecule has 0 saturated heterocycles. The second kappa shape index (κ2) is 3.56. The number of pyridine rings is 1. The summed E-state index contributed by atoms with van der Waals surface area (Å²) in [7, 11) is 0. The van der Waals surface area contributed by atoms with Crippen LogP contribution in [0.3, 0.4) is 0 Å². The van der Waals surface area contributed by atoms with E-state index in [2.05, 4.69) is 30.9 Å². The highest BCUT2D eigenvalue weighted by Crippen LogP contribution is 2.21. The fourth-order valence-electron chi connectivity index (χ4n) is 1.60. The Labute approximate surface area is 95.5 Å². The van der Waals surface area contributed by atoms with Crippen LogP contribution in [-0.2, 0) is 5.41 Å². The van der Waals surface area contributed by atoms with Gasteiger partial charge in [0.1, 0.15) is 0 Å². The molecular formula is C12H18N4. The second-order valence-corrected chi connectivity index (χ2v) is 5.21. The molecule has 0 spiro atoms. The first kappa shape index (κ1) is 11.1. The maximum Gasteiger partial charge on any atom is 0.160 e. The Kier molecular flexibility index (Phi) is 2.46. The van der Waals surface area contributed by atoms with Gasteiger partial charge in [0, 0.05) is 23.2 Å². The van der Waals surface area contributed by atoms with Gasteiger partial charge in [0.15, 0.2) is 11.5 Å². The van der Waals surface area contributed by atoms with E-state index in [9.17, 15) is 0 Å². The molecule has 0 radical (unpaired) electrons. The van der Waals surface area contributed by atoms with Crippen LogP contribution in [0.1, 0.15) is 45.1 Å². The quantitative estimate of drug-likeness (QED) is 0.797. The van der Waals surface area contributed by atoms with E-state index in [0.29, 0.717) is 0 Å². The van der Waals surface area contributed by atoms with E-state index in [-0.39, 0.29) is 11.5 Å². The van der Waals surface area contributed by atoms with E-state index >= 15 is 0 Å². The second-order valence-electron chi connectivity index (χ2n) is 5.21. The monoisotopic (exact) mass is 218 g/mol. The smallest absolute Gasteiger partial charge is 0.160 e. The summed E-state index contributed by atoms with van der Waals surface area (Å²) in [5, 5.41) is 4.48. The zero-order valence-electron chi connectivity index (χ0n) is 10.2. The van der Waals surface area contributed by atoms with E-state index in [1.807, 2.05) is 25.3 Å². The van der Waals surface area contributed by atoms with Crippen molar-refractivity contribution < 1.29 is 0 Å². The van der Waals surface area contributed by atoms with Gasteiger partial charge in [0.25, 0.3) is 0 Å². The van der Waals surface area contributed by atoms with Gasteiger partial charge >= 0.3 is 0 Å². The molecule has 16 heavy (non-hydrogen) atoms. The third kappa shape index (κ3) is 1.80. The topological polar surface area (TPSA) is 56.2 Å². The standard InChI is InChI=1S/C12H18N4/c1-8(13)9-6-5-7-16-10(9)14-11(15-16)12(2,3)4/h5-8H,13H2,1-4H3. The van der Waals surface area contributed by atoms with Crippen molar-refractivity contribution in [3.63, 3.8) is 0 Å². The van der Waals surface area contributed by atoms with Crippen LogP contribution in [0.5, 0.6) is 0 Å². The van der Waals surface area contributed by atoms with Crippen molar-refractivity contribution in [3.8, 4) is 0 Å². The number of hydrogen-bond acceptors (Lipinski definition) is 3. The van der Waals surface area contributed by atoms with Crippen molar-refractivity contribution in [1.29, 1.82) is 0 Å². The molecule has 0 amide bonds. The molecule has 0 bridgehead atoms. The Morgan fingerprint density at radius 3 is 2.62 bits per heavy atom. The van der Waals surface area contributed by atoms with Gasteiger partial charge in [-0.05, 0) is 13.0 Å². The highest BCUT2D eigenvalue weighted by Gasteiger charge is 2.20. The lowest BCUT2D eigenvalue weighted by Crippen LogP contribution is -2.13. The Morgan fingerprint density at radius 1 is 1.38 bits per heavy atom. The fourth-order valence-corrected chi connectivity index (χ4v) is 1.60. The molecule has 1 unspecified atom stereocenters. The molecule has 2 N–H and O–H groups in total. The largest absolute Gasteiger partial charge is 0.324 e. The van der Waals surface area contributed by atoms with Crippen molar-refractivity contribution in [1.82, 2.24) is 14.6 Å². The zero-order valence-corrected chi connectivity index (χ0v) is 10.2. The number of nitrogens with two attached hydrogens (primary N) is 1. The van der Waals surface area contributed by atoms with Crippen LogP contribution in [-0.4, -0.2) is 14.6 Å². The minimum Gasteiger partial charge on any atom is -0.324 e. The molecule has 0 aromatic carbocycles. The zero-order chi connectivity index (χ0) is 11.9. The summed E-state index contributed by atoms with van der Waals surface area (Å²) < 4.78 is 1.80. The molecule has 0 aliphatic heterocycles. The first-order valence-electron chi connectivity index (χ1n) is 5.51. The molecule has 1 atom stereocenters. The van der Waals surface area contributed by atoms with Crippen LogP contribution >= 0.6 is 0 Å². The number of rotatable bonds is 1. The molecular weight excluding hydrogens is 200 g/mol. The molecule has 0 fully saturated rings. The Balaban J connectivity index is 2.66. The van der Waals surface area contributed by atoms with Crippen LogP contribution in [0.25, 0.3) is 5.65 Å².